The van der Waals surface area contributed by atoms with Crippen LogP contribution in [0, 0.1) is 20.8 Å². The molecule has 1 aromatic heterocycles. The molecule has 0 atom stereocenters. The number of piperidine rings is 1. The number of carbonyl (C=O) groups is 2. The first-order valence-electron chi connectivity index (χ1n) is 9.47. The molecule has 1 amide bonds. The topological polar surface area (TPSA) is 75.4 Å². The van der Waals surface area contributed by atoms with Crippen LogP contribution in [-0.2, 0) is 11.2 Å². The Morgan fingerprint density at radius 1 is 1.11 bits per heavy atom. The van der Waals surface area contributed by atoms with Crippen LogP contribution in [-0.4, -0.2) is 44.8 Å². The first kappa shape index (κ1) is 19.1. The molecule has 2 aromatic rings. The van der Waals surface area contributed by atoms with E-state index in [9.17, 15) is 14.7 Å². The lowest BCUT2D eigenvalue weighted by atomic mass is 10.0. The van der Waals surface area contributed by atoms with E-state index in [2.05, 4.69) is 37.1 Å². The van der Waals surface area contributed by atoms with Crippen molar-refractivity contribution in [2.24, 2.45) is 0 Å². The number of nitrogens with zero attached hydrogens (tertiary/aromatic N) is 3. The normalized spacial score (nSPS) is 15.1. The molecule has 0 radical (unpaired) electrons. The minimum atomic E-state index is -0.947. The van der Waals surface area contributed by atoms with Gasteiger partial charge < -0.3 is 10.0 Å². The summed E-state index contributed by atoms with van der Waals surface area (Å²) < 4.78 is 1.81. The lowest BCUT2D eigenvalue weighted by Gasteiger charge is -2.32. The van der Waals surface area contributed by atoms with Crippen molar-refractivity contribution in [3.8, 4) is 0 Å². The zero-order valence-electron chi connectivity index (χ0n) is 16.2. The number of carbonyl (C=O) groups excluding carboxylic acids is 1. The van der Waals surface area contributed by atoms with Crippen molar-refractivity contribution in [2.75, 3.05) is 13.1 Å². The Balaban J connectivity index is 1.54. The summed E-state index contributed by atoms with van der Waals surface area (Å²) in [6, 6.07) is 6.59. The molecule has 1 aliphatic rings. The van der Waals surface area contributed by atoms with Crippen molar-refractivity contribution in [3.63, 3.8) is 0 Å². The van der Waals surface area contributed by atoms with Crippen LogP contribution >= 0.6 is 0 Å². The number of hydrogen-bond acceptors (Lipinski definition) is 3. The maximum Gasteiger partial charge on any atom is 0.339 e. The number of hydrogen-bond donors (Lipinski definition) is 1. The van der Waals surface area contributed by atoms with Crippen molar-refractivity contribution < 1.29 is 14.7 Å². The first-order valence-corrected chi connectivity index (χ1v) is 9.47. The van der Waals surface area contributed by atoms with Gasteiger partial charge in [-0.05, 0) is 45.6 Å². The highest BCUT2D eigenvalue weighted by molar-refractivity contribution is 5.88. The minimum Gasteiger partial charge on any atom is -0.478 e. The molecule has 1 aliphatic heterocycles. The highest BCUT2D eigenvalue weighted by atomic mass is 16.4. The number of rotatable bonds is 5. The van der Waals surface area contributed by atoms with Gasteiger partial charge in [-0.25, -0.2) is 4.79 Å². The molecule has 6 heteroatoms. The Hall–Kier alpha value is -2.63. The number of likely N-dealkylation sites (tertiary alicyclic amines) is 1. The number of aromatic carboxylic acids is 1. The minimum absolute atomic E-state index is 0.154. The molecule has 1 N–H and O–H groups in total. The first-order chi connectivity index (χ1) is 12.8. The van der Waals surface area contributed by atoms with Gasteiger partial charge in [-0.2, -0.15) is 5.10 Å². The van der Waals surface area contributed by atoms with Crippen LogP contribution in [0.4, 0.5) is 0 Å². The Kier molecular flexibility index (Phi) is 5.63. The van der Waals surface area contributed by atoms with Crippen molar-refractivity contribution in [3.05, 3.63) is 52.3 Å². The van der Waals surface area contributed by atoms with Gasteiger partial charge in [-0.15, -0.1) is 0 Å². The third-order valence-corrected chi connectivity index (χ3v) is 5.35. The molecule has 2 heterocycles. The van der Waals surface area contributed by atoms with Crippen LogP contribution < -0.4 is 0 Å². The van der Waals surface area contributed by atoms with Gasteiger partial charge >= 0.3 is 5.97 Å². The van der Waals surface area contributed by atoms with E-state index in [0.29, 0.717) is 25.2 Å². The number of carboxylic acids is 1. The van der Waals surface area contributed by atoms with E-state index >= 15 is 0 Å². The second-order valence-electron chi connectivity index (χ2n) is 7.50. The van der Waals surface area contributed by atoms with Crippen LogP contribution in [0.2, 0.25) is 0 Å². The molecule has 144 valence electrons. The third-order valence-electron chi connectivity index (χ3n) is 5.35. The smallest absolute Gasteiger partial charge is 0.339 e. The van der Waals surface area contributed by atoms with Crippen LogP contribution in [0.5, 0.6) is 0 Å². The van der Waals surface area contributed by atoms with Crippen LogP contribution in [0.25, 0.3) is 0 Å². The highest BCUT2D eigenvalue weighted by Crippen LogP contribution is 2.25. The molecule has 3 rings (SSSR count). The largest absolute Gasteiger partial charge is 0.478 e. The SMILES string of the molecule is Cc1cc(C)cc(CCC(=O)N2CCC(n3ncc(C(=O)O)c3C)CC2)c1. The second kappa shape index (κ2) is 7.94. The zero-order chi connectivity index (χ0) is 19.6. The van der Waals surface area contributed by atoms with Gasteiger partial charge in [0.05, 0.1) is 17.9 Å². The van der Waals surface area contributed by atoms with E-state index in [-0.39, 0.29) is 17.5 Å². The van der Waals surface area contributed by atoms with E-state index < -0.39 is 5.97 Å². The van der Waals surface area contributed by atoms with Gasteiger partial charge in [-0.1, -0.05) is 29.3 Å². The third kappa shape index (κ3) is 4.38. The summed E-state index contributed by atoms with van der Waals surface area (Å²) in [5, 5.41) is 13.4. The van der Waals surface area contributed by atoms with Crippen molar-refractivity contribution in [1.82, 2.24) is 14.7 Å². The molecule has 27 heavy (non-hydrogen) atoms. The summed E-state index contributed by atoms with van der Waals surface area (Å²) >= 11 is 0. The maximum atomic E-state index is 12.6. The summed E-state index contributed by atoms with van der Waals surface area (Å²) in [7, 11) is 0. The molecule has 0 bridgehead atoms. The predicted octanol–water partition coefficient (Wildman–Crippen LogP) is 3.30. The Labute approximate surface area is 159 Å². The van der Waals surface area contributed by atoms with Crippen LogP contribution in [0.15, 0.2) is 24.4 Å². The summed E-state index contributed by atoms with van der Waals surface area (Å²) in [5.41, 5.74) is 4.61. The van der Waals surface area contributed by atoms with E-state index in [0.717, 1.165) is 19.3 Å². The van der Waals surface area contributed by atoms with Crippen molar-refractivity contribution >= 4 is 11.9 Å². The maximum absolute atomic E-state index is 12.6. The number of benzene rings is 1. The van der Waals surface area contributed by atoms with Gasteiger partial charge in [0.2, 0.25) is 5.91 Å². The summed E-state index contributed by atoms with van der Waals surface area (Å²) in [5.74, 6) is -0.756. The standard InChI is InChI=1S/C21H27N3O3/c1-14-10-15(2)12-17(11-14)4-5-20(25)23-8-6-18(7-9-23)24-16(3)19(13-22-24)21(26)27/h10-13,18H,4-9H2,1-3H3,(H,26,27). The summed E-state index contributed by atoms with van der Waals surface area (Å²) in [6.07, 6.45) is 4.31. The molecular weight excluding hydrogens is 342 g/mol. The number of aryl methyl sites for hydroxylation is 3. The Morgan fingerprint density at radius 3 is 2.30 bits per heavy atom. The molecule has 1 saturated heterocycles. The number of carboxylic acid groups (broad SMARTS) is 1. The van der Waals surface area contributed by atoms with E-state index in [1.807, 2.05) is 4.90 Å². The fourth-order valence-corrected chi connectivity index (χ4v) is 3.98. The molecule has 1 fully saturated rings. The fourth-order valence-electron chi connectivity index (χ4n) is 3.98. The average molecular weight is 369 g/mol. The highest BCUT2D eigenvalue weighted by Gasteiger charge is 2.26. The van der Waals surface area contributed by atoms with Gasteiger partial charge in [-0.3, -0.25) is 9.48 Å². The second-order valence-corrected chi connectivity index (χ2v) is 7.50. The Bertz CT molecular complexity index is 828. The molecule has 6 nitrogen and oxygen atoms in total. The van der Waals surface area contributed by atoms with Gasteiger partial charge in [0.25, 0.3) is 0 Å². The van der Waals surface area contributed by atoms with Gasteiger partial charge in [0.1, 0.15) is 5.56 Å². The van der Waals surface area contributed by atoms with Crippen LogP contribution in [0.3, 0.4) is 0 Å². The quantitative estimate of drug-likeness (QED) is 0.877. The molecule has 0 unspecified atom stereocenters. The number of aromatic nitrogens is 2. The molecule has 1 aromatic carbocycles. The lowest BCUT2D eigenvalue weighted by molar-refractivity contribution is -0.132. The van der Waals surface area contributed by atoms with Gasteiger partial charge in [0, 0.05) is 19.5 Å². The molecular formula is C21H27N3O3. The molecule has 0 saturated carbocycles. The van der Waals surface area contributed by atoms with Crippen molar-refractivity contribution in [1.29, 1.82) is 0 Å². The fraction of sp³-hybridized carbons (Fsp3) is 0.476. The van der Waals surface area contributed by atoms with Gasteiger partial charge in [0.15, 0.2) is 0 Å². The van der Waals surface area contributed by atoms with E-state index in [4.69, 9.17) is 0 Å². The lowest BCUT2D eigenvalue weighted by Crippen LogP contribution is -2.39. The molecule has 0 aliphatic carbocycles. The van der Waals surface area contributed by atoms with E-state index in [1.54, 1.807) is 11.6 Å². The summed E-state index contributed by atoms with van der Waals surface area (Å²) in [6.45, 7) is 7.33. The summed E-state index contributed by atoms with van der Waals surface area (Å²) in [4.78, 5) is 25.7. The number of amides is 1. The van der Waals surface area contributed by atoms with Crippen LogP contribution in [0.1, 0.15) is 58.0 Å². The zero-order valence-corrected chi connectivity index (χ0v) is 16.2. The van der Waals surface area contributed by atoms with E-state index in [1.165, 1.54) is 22.9 Å². The Morgan fingerprint density at radius 2 is 1.74 bits per heavy atom. The monoisotopic (exact) mass is 369 g/mol. The van der Waals surface area contributed by atoms with Crippen molar-refractivity contribution in [2.45, 2.75) is 52.5 Å². The predicted molar refractivity (Wildman–Crippen MR) is 103 cm³/mol. The molecule has 0 spiro atoms. The average Bonchev–Trinajstić information content (AvgIpc) is 3.01.